The van der Waals surface area contributed by atoms with Gasteiger partial charge >= 0.3 is 0 Å². The lowest BCUT2D eigenvalue weighted by Gasteiger charge is -2.19. The van der Waals surface area contributed by atoms with Crippen molar-refractivity contribution in [3.05, 3.63) is 64.9 Å². The highest BCUT2D eigenvalue weighted by molar-refractivity contribution is 5.96. The number of hydrogen-bond acceptors (Lipinski definition) is 5. The molecular weight excluding hydrogens is 328 g/mol. The van der Waals surface area contributed by atoms with Crippen LogP contribution in [0, 0.1) is 13.8 Å². The molecule has 0 bridgehead atoms. The largest absolute Gasteiger partial charge is 0.361 e. The quantitative estimate of drug-likeness (QED) is 0.712. The zero-order chi connectivity index (χ0) is 18.1. The molecule has 0 atom stereocenters. The van der Waals surface area contributed by atoms with E-state index in [4.69, 9.17) is 4.52 Å². The van der Waals surface area contributed by atoms with Crippen LogP contribution >= 0.6 is 0 Å². The Morgan fingerprint density at radius 1 is 1.08 bits per heavy atom. The summed E-state index contributed by atoms with van der Waals surface area (Å²) in [5.74, 6) is 0.544. The number of fused-ring (bicyclic) bond motifs is 1. The van der Waals surface area contributed by atoms with Gasteiger partial charge in [-0.3, -0.25) is 4.79 Å². The summed E-state index contributed by atoms with van der Waals surface area (Å²) in [4.78, 5) is 23.8. The van der Waals surface area contributed by atoms with Crippen LogP contribution in [0.2, 0.25) is 0 Å². The molecule has 0 unspecified atom stereocenters. The van der Waals surface area contributed by atoms with Gasteiger partial charge in [-0.1, -0.05) is 35.5 Å². The number of benzene rings is 1. The minimum Gasteiger partial charge on any atom is -0.361 e. The molecule has 26 heavy (non-hydrogen) atoms. The van der Waals surface area contributed by atoms with Crippen LogP contribution in [0.5, 0.6) is 0 Å². The third-order valence-electron chi connectivity index (χ3n) is 4.87. The van der Waals surface area contributed by atoms with Gasteiger partial charge in [0.15, 0.2) is 0 Å². The van der Waals surface area contributed by atoms with Crippen molar-refractivity contribution in [1.82, 2.24) is 20.0 Å². The minimum atomic E-state index is -0.0247. The van der Waals surface area contributed by atoms with E-state index in [1.54, 1.807) is 20.2 Å². The molecule has 4 rings (SSSR count). The van der Waals surface area contributed by atoms with Gasteiger partial charge in [-0.05, 0) is 20.3 Å². The number of aryl methyl sites for hydroxylation is 2. The summed E-state index contributed by atoms with van der Waals surface area (Å²) < 4.78 is 5.16. The molecule has 0 spiro atoms. The number of rotatable bonds is 2. The molecule has 0 aliphatic carbocycles. The van der Waals surface area contributed by atoms with Crippen molar-refractivity contribution < 1.29 is 9.32 Å². The Bertz CT molecular complexity index is 930. The summed E-state index contributed by atoms with van der Waals surface area (Å²) in [5.41, 5.74) is 5.41. The second-order valence-electron chi connectivity index (χ2n) is 6.50. The minimum absolute atomic E-state index is 0.0247. The lowest BCUT2D eigenvalue weighted by Crippen LogP contribution is -2.33. The maximum Gasteiger partial charge on any atom is 0.259 e. The Morgan fingerprint density at radius 2 is 1.85 bits per heavy atom. The van der Waals surface area contributed by atoms with Gasteiger partial charge in [0.05, 0.1) is 11.4 Å². The molecule has 0 saturated carbocycles. The summed E-state index contributed by atoms with van der Waals surface area (Å²) in [6.45, 7) is 4.83. The molecule has 0 N–H and O–H groups in total. The van der Waals surface area contributed by atoms with Gasteiger partial charge in [-0.2, -0.15) is 0 Å². The predicted octanol–water partition coefficient (Wildman–Crippen LogP) is 2.99. The summed E-state index contributed by atoms with van der Waals surface area (Å²) in [7, 11) is 0. The summed E-state index contributed by atoms with van der Waals surface area (Å²) in [6, 6.07) is 10.1. The van der Waals surface area contributed by atoms with Crippen LogP contribution in [0.4, 0.5) is 0 Å². The Hall–Kier alpha value is -3.02. The number of hydrogen-bond donors (Lipinski definition) is 0. The summed E-state index contributed by atoms with van der Waals surface area (Å²) in [5, 5.41) is 3.90. The smallest absolute Gasteiger partial charge is 0.259 e. The van der Waals surface area contributed by atoms with Crippen LogP contribution in [0.1, 0.15) is 33.1 Å². The summed E-state index contributed by atoms with van der Waals surface area (Å²) in [6.07, 6.45) is 3.06. The van der Waals surface area contributed by atoms with E-state index in [9.17, 15) is 4.79 Å². The molecule has 1 aliphatic rings. The Labute approximate surface area is 151 Å². The monoisotopic (exact) mass is 348 g/mol. The predicted molar refractivity (Wildman–Crippen MR) is 96.8 cm³/mol. The van der Waals surface area contributed by atoms with E-state index in [0.29, 0.717) is 36.5 Å². The van der Waals surface area contributed by atoms with Gasteiger partial charge in [-0.15, -0.1) is 0 Å². The second-order valence-corrected chi connectivity index (χ2v) is 6.50. The number of amides is 1. The third kappa shape index (κ3) is 2.87. The SMILES string of the molecule is Cc1noc(C)c1C(=O)N1CCc2ncnc(-c3ccccc3)c2CC1. The van der Waals surface area contributed by atoms with Crippen LogP contribution in [-0.4, -0.2) is 39.0 Å². The Balaban J connectivity index is 1.63. The van der Waals surface area contributed by atoms with Gasteiger partial charge < -0.3 is 9.42 Å². The third-order valence-corrected chi connectivity index (χ3v) is 4.87. The van der Waals surface area contributed by atoms with Gasteiger partial charge in [0.1, 0.15) is 17.7 Å². The van der Waals surface area contributed by atoms with Crippen LogP contribution in [0.25, 0.3) is 11.3 Å². The number of carbonyl (C=O) groups is 1. The molecule has 0 radical (unpaired) electrons. The van der Waals surface area contributed by atoms with Crippen molar-refractivity contribution >= 4 is 5.91 Å². The van der Waals surface area contributed by atoms with Crippen molar-refractivity contribution in [2.45, 2.75) is 26.7 Å². The first-order valence-electron chi connectivity index (χ1n) is 8.75. The maximum absolute atomic E-state index is 13.0. The van der Waals surface area contributed by atoms with Crippen molar-refractivity contribution in [2.75, 3.05) is 13.1 Å². The average Bonchev–Trinajstić information content (AvgIpc) is 2.87. The fourth-order valence-electron chi connectivity index (χ4n) is 3.52. The van der Waals surface area contributed by atoms with Crippen molar-refractivity contribution in [1.29, 1.82) is 0 Å². The van der Waals surface area contributed by atoms with Crippen LogP contribution in [0.15, 0.2) is 41.2 Å². The molecule has 1 amide bonds. The lowest BCUT2D eigenvalue weighted by atomic mass is 10.0. The normalized spacial score (nSPS) is 14.0. The van der Waals surface area contributed by atoms with E-state index < -0.39 is 0 Å². The first kappa shape index (κ1) is 16.4. The molecule has 1 aliphatic heterocycles. The summed E-state index contributed by atoms with van der Waals surface area (Å²) >= 11 is 0. The molecule has 6 heteroatoms. The van der Waals surface area contributed by atoms with E-state index >= 15 is 0 Å². The van der Waals surface area contributed by atoms with Gasteiger partial charge in [0.25, 0.3) is 5.91 Å². The van der Waals surface area contributed by atoms with E-state index in [1.165, 1.54) is 0 Å². The molecular formula is C20H20N4O2. The fourth-order valence-corrected chi connectivity index (χ4v) is 3.52. The standard InChI is InChI=1S/C20H20N4O2/c1-13-18(14(2)26-23-13)20(25)24-10-8-16-17(9-11-24)21-12-22-19(16)15-6-4-3-5-7-15/h3-7,12H,8-11H2,1-2H3. The maximum atomic E-state index is 13.0. The molecule has 3 heterocycles. The van der Waals surface area contributed by atoms with E-state index in [2.05, 4.69) is 27.3 Å². The highest BCUT2D eigenvalue weighted by atomic mass is 16.5. The molecule has 2 aromatic heterocycles. The van der Waals surface area contributed by atoms with Crippen LogP contribution in [0.3, 0.4) is 0 Å². The molecule has 3 aromatic rings. The van der Waals surface area contributed by atoms with Gasteiger partial charge in [0, 0.05) is 36.3 Å². The first-order chi connectivity index (χ1) is 12.6. The molecule has 132 valence electrons. The highest BCUT2D eigenvalue weighted by Crippen LogP contribution is 2.26. The number of nitrogens with zero attached hydrogens (tertiary/aromatic N) is 4. The van der Waals surface area contributed by atoms with Crippen LogP contribution in [-0.2, 0) is 12.8 Å². The molecule has 6 nitrogen and oxygen atoms in total. The van der Waals surface area contributed by atoms with Crippen molar-refractivity contribution in [3.63, 3.8) is 0 Å². The fraction of sp³-hybridized carbons (Fsp3) is 0.300. The Kier molecular flexibility index (Phi) is 4.24. The topological polar surface area (TPSA) is 72.1 Å². The lowest BCUT2D eigenvalue weighted by molar-refractivity contribution is 0.0760. The zero-order valence-corrected chi connectivity index (χ0v) is 14.9. The van der Waals surface area contributed by atoms with E-state index in [-0.39, 0.29) is 5.91 Å². The van der Waals surface area contributed by atoms with Crippen molar-refractivity contribution in [3.8, 4) is 11.3 Å². The van der Waals surface area contributed by atoms with E-state index in [1.807, 2.05) is 23.1 Å². The average molecular weight is 348 g/mol. The van der Waals surface area contributed by atoms with Crippen LogP contribution < -0.4 is 0 Å². The van der Waals surface area contributed by atoms with Gasteiger partial charge in [0.2, 0.25) is 0 Å². The number of aromatic nitrogens is 3. The van der Waals surface area contributed by atoms with Gasteiger partial charge in [-0.25, -0.2) is 9.97 Å². The zero-order valence-electron chi connectivity index (χ0n) is 14.9. The highest BCUT2D eigenvalue weighted by Gasteiger charge is 2.26. The Morgan fingerprint density at radius 3 is 2.58 bits per heavy atom. The first-order valence-corrected chi connectivity index (χ1v) is 8.75. The second kappa shape index (κ2) is 6.71. The molecule has 0 fully saturated rings. The molecule has 0 saturated heterocycles. The molecule has 1 aromatic carbocycles. The van der Waals surface area contributed by atoms with E-state index in [0.717, 1.165) is 28.9 Å². The number of carbonyl (C=O) groups excluding carboxylic acids is 1. The van der Waals surface area contributed by atoms with Crippen molar-refractivity contribution in [2.24, 2.45) is 0 Å².